The van der Waals surface area contributed by atoms with Gasteiger partial charge in [-0.3, -0.25) is 14.4 Å². The van der Waals surface area contributed by atoms with Crippen LogP contribution in [0.5, 0.6) is 0 Å². The molecule has 0 saturated carbocycles. The molecule has 0 rings (SSSR count). The van der Waals surface area contributed by atoms with Crippen molar-refractivity contribution >= 4 is 29.3 Å². The number of rotatable bonds is 15. The molecule has 0 aromatic heterocycles. The average Bonchev–Trinajstić information content (AvgIpc) is 2.45. The highest BCUT2D eigenvalue weighted by molar-refractivity contribution is 7.99. The second-order valence-corrected chi connectivity index (χ2v) is 6.18. The lowest BCUT2D eigenvalue weighted by atomic mass is 10.0. The summed E-state index contributed by atoms with van der Waals surface area (Å²) in [6.07, 6.45) is 0.666. The second-order valence-electron chi connectivity index (χ2n) is 4.86. The molecule has 1 N–H and O–H groups in total. The van der Waals surface area contributed by atoms with Gasteiger partial charge in [-0.2, -0.15) is 11.8 Å². The molecule has 0 unspecified atom stereocenters. The number of hydrogen-bond acceptors (Lipinski definition) is 6. The van der Waals surface area contributed by atoms with E-state index in [-0.39, 0.29) is 31.0 Å². The minimum atomic E-state index is -0.922. The maximum Gasteiger partial charge on any atom is 0.307 e. The largest absolute Gasteiger partial charge is 0.481 e. The van der Waals surface area contributed by atoms with E-state index < -0.39 is 11.9 Å². The Balaban J connectivity index is 3.63. The van der Waals surface area contributed by atoms with Gasteiger partial charge < -0.3 is 14.6 Å². The number of carbonyl (C=O) groups is 3. The molecule has 0 heterocycles. The number of ether oxygens (including phenoxy) is 2. The Labute approximate surface area is 135 Å². The van der Waals surface area contributed by atoms with E-state index in [1.807, 2.05) is 6.92 Å². The van der Waals surface area contributed by atoms with E-state index in [4.69, 9.17) is 14.6 Å². The van der Waals surface area contributed by atoms with Crippen LogP contribution in [-0.4, -0.2) is 60.6 Å². The van der Waals surface area contributed by atoms with Gasteiger partial charge in [0.15, 0.2) is 0 Å². The molecule has 0 spiro atoms. The molecule has 128 valence electrons. The first-order valence-corrected chi connectivity index (χ1v) is 8.60. The first-order chi connectivity index (χ1) is 10.5. The second kappa shape index (κ2) is 13.7. The Kier molecular flexibility index (Phi) is 13.1. The lowest BCUT2D eigenvalue weighted by molar-refractivity contribution is -0.143. The molecule has 7 heteroatoms. The van der Waals surface area contributed by atoms with Crippen LogP contribution < -0.4 is 0 Å². The number of thioether (sulfide) groups is 1. The van der Waals surface area contributed by atoms with Crippen LogP contribution >= 0.6 is 11.8 Å². The van der Waals surface area contributed by atoms with Gasteiger partial charge in [-0.15, -0.1) is 0 Å². The first kappa shape index (κ1) is 21.1. The van der Waals surface area contributed by atoms with Gasteiger partial charge in [-0.05, 0) is 12.7 Å². The summed E-state index contributed by atoms with van der Waals surface area (Å²) in [4.78, 5) is 33.4. The summed E-state index contributed by atoms with van der Waals surface area (Å²) >= 11 is 1.52. The number of hydrogen-bond donors (Lipinski definition) is 1. The zero-order chi connectivity index (χ0) is 16.8. The number of carbonyl (C=O) groups excluding carboxylic acids is 2. The topological polar surface area (TPSA) is 89.9 Å². The molecule has 6 nitrogen and oxygen atoms in total. The van der Waals surface area contributed by atoms with E-state index in [2.05, 4.69) is 0 Å². The van der Waals surface area contributed by atoms with Crippen LogP contribution in [0, 0.1) is 5.92 Å². The highest BCUT2D eigenvalue weighted by Crippen LogP contribution is 2.14. The van der Waals surface area contributed by atoms with Gasteiger partial charge in [0.1, 0.15) is 11.6 Å². The van der Waals surface area contributed by atoms with Gasteiger partial charge in [-0.1, -0.05) is 6.92 Å². The monoisotopic (exact) mass is 334 g/mol. The molecule has 0 aromatic carbocycles. The smallest absolute Gasteiger partial charge is 0.307 e. The SMILES string of the molecule is CCSC[C@@H](CC(=O)CCOCCOCCC(C)=O)C(=O)O. The van der Waals surface area contributed by atoms with E-state index in [9.17, 15) is 14.4 Å². The molecule has 0 aliphatic heterocycles. The molecular formula is C15H26O6S. The van der Waals surface area contributed by atoms with Gasteiger partial charge in [0, 0.05) is 25.0 Å². The Morgan fingerprint density at radius 1 is 1.05 bits per heavy atom. The van der Waals surface area contributed by atoms with Crippen LogP contribution in [0.1, 0.15) is 33.1 Å². The predicted octanol–water partition coefficient (Wildman–Crippen LogP) is 1.80. The van der Waals surface area contributed by atoms with Gasteiger partial charge in [0.25, 0.3) is 0 Å². The summed E-state index contributed by atoms with van der Waals surface area (Å²) in [7, 11) is 0. The number of carboxylic acid groups (broad SMARTS) is 1. The summed E-state index contributed by atoms with van der Waals surface area (Å²) in [5, 5.41) is 9.04. The van der Waals surface area contributed by atoms with Crippen molar-refractivity contribution in [1.82, 2.24) is 0 Å². The summed E-state index contributed by atoms with van der Waals surface area (Å²) in [5.41, 5.74) is 0. The summed E-state index contributed by atoms with van der Waals surface area (Å²) in [6.45, 7) is 4.85. The predicted molar refractivity (Wildman–Crippen MR) is 85.3 cm³/mol. The zero-order valence-electron chi connectivity index (χ0n) is 13.3. The van der Waals surface area contributed by atoms with E-state index >= 15 is 0 Å². The molecule has 0 amide bonds. The Bertz CT molecular complexity index is 345. The first-order valence-electron chi connectivity index (χ1n) is 7.44. The third-order valence-corrected chi connectivity index (χ3v) is 3.89. The molecule has 0 saturated heterocycles. The molecule has 22 heavy (non-hydrogen) atoms. The van der Waals surface area contributed by atoms with Gasteiger partial charge in [0.05, 0.1) is 32.3 Å². The Morgan fingerprint density at radius 3 is 2.14 bits per heavy atom. The van der Waals surface area contributed by atoms with Crippen molar-refractivity contribution in [2.45, 2.75) is 33.1 Å². The highest BCUT2D eigenvalue weighted by atomic mass is 32.2. The lowest BCUT2D eigenvalue weighted by Gasteiger charge is -2.10. The number of aliphatic carboxylic acids is 1. The Morgan fingerprint density at radius 2 is 1.64 bits per heavy atom. The van der Waals surface area contributed by atoms with Gasteiger partial charge in [-0.25, -0.2) is 0 Å². The molecule has 0 fully saturated rings. The summed E-state index contributed by atoms with van der Waals surface area (Å²) in [6, 6.07) is 0. The average molecular weight is 334 g/mol. The maximum atomic E-state index is 11.7. The summed E-state index contributed by atoms with van der Waals surface area (Å²) < 4.78 is 10.4. The molecule has 0 aliphatic rings. The molecule has 0 bridgehead atoms. The lowest BCUT2D eigenvalue weighted by Crippen LogP contribution is -2.21. The van der Waals surface area contributed by atoms with Crippen LogP contribution in [-0.2, 0) is 23.9 Å². The van der Waals surface area contributed by atoms with Crippen LogP contribution in [0.25, 0.3) is 0 Å². The third-order valence-electron chi connectivity index (χ3n) is 2.84. The fraction of sp³-hybridized carbons (Fsp3) is 0.800. The molecule has 1 atom stereocenters. The van der Waals surface area contributed by atoms with Crippen molar-refractivity contribution in [1.29, 1.82) is 0 Å². The normalized spacial score (nSPS) is 12.1. The zero-order valence-corrected chi connectivity index (χ0v) is 14.2. The van der Waals surface area contributed by atoms with Gasteiger partial charge >= 0.3 is 5.97 Å². The summed E-state index contributed by atoms with van der Waals surface area (Å²) in [5.74, 6) is -0.253. The molecule has 0 aliphatic carbocycles. The van der Waals surface area contributed by atoms with E-state index in [1.165, 1.54) is 18.7 Å². The van der Waals surface area contributed by atoms with Crippen molar-refractivity contribution in [3.8, 4) is 0 Å². The minimum absolute atomic E-state index is 0.0564. The number of ketones is 2. The van der Waals surface area contributed by atoms with Gasteiger partial charge in [0.2, 0.25) is 0 Å². The highest BCUT2D eigenvalue weighted by Gasteiger charge is 2.20. The van der Waals surface area contributed by atoms with Crippen molar-refractivity contribution in [3.63, 3.8) is 0 Å². The maximum absolute atomic E-state index is 11.7. The fourth-order valence-electron chi connectivity index (χ4n) is 1.58. The van der Waals surface area contributed by atoms with E-state index in [0.717, 1.165) is 5.75 Å². The molecule has 0 radical (unpaired) electrons. The third kappa shape index (κ3) is 12.8. The molecule has 0 aromatic rings. The van der Waals surface area contributed by atoms with Crippen LogP contribution in [0.3, 0.4) is 0 Å². The van der Waals surface area contributed by atoms with E-state index in [1.54, 1.807) is 0 Å². The number of carboxylic acids is 1. The standard InChI is InChI=1S/C15H26O6S/c1-3-22-11-13(15(18)19)10-14(17)5-7-21-9-8-20-6-4-12(2)16/h13H,3-11H2,1-2H3,(H,18,19)/t13-/m1/s1. The molecular weight excluding hydrogens is 308 g/mol. The van der Waals surface area contributed by atoms with Crippen molar-refractivity contribution in [2.75, 3.05) is 37.9 Å². The minimum Gasteiger partial charge on any atom is -0.481 e. The number of Topliss-reactive ketones (excluding diaryl/α,β-unsaturated/α-hetero) is 2. The quantitative estimate of drug-likeness (QED) is 0.457. The fourth-order valence-corrected chi connectivity index (χ4v) is 2.36. The van der Waals surface area contributed by atoms with Crippen LogP contribution in [0.4, 0.5) is 0 Å². The van der Waals surface area contributed by atoms with Crippen LogP contribution in [0.15, 0.2) is 0 Å². The van der Waals surface area contributed by atoms with Crippen molar-refractivity contribution in [3.05, 3.63) is 0 Å². The van der Waals surface area contributed by atoms with Crippen molar-refractivity contribution in [2.24, 2.45) is 5.92 Å². The van der Waals surface area contributed by atoms with E-state index in [0.29, 0.717) is 32.0 Å². The van der Waals surface area contributed by atoms with Crippen LogP contribution in [0.2, 0.25) is 0 Å². The van der Waals surface area contributed by atoms with Crippen molar-refractivity contribution < 1.29 is 29.0 Å². The Hall–Kier alpha value is -0.920.